The number of pyridine rings is 1. The van der Waals surface area contributed by atoms with Gasteiger partial charge in [0, 0.05) is 66.9 Å². The molecule has 2 amide bonds. The fourth-order valence-electron chi connectivity index (χ4n) is 4.87. The minimum atomic E-state index is 0.00618. The first-order chi connectivity index (χ1) is 16.2. The minimum Gasteiger partial charge on any atom is -0.496 e. The molecule has 0 radical (unpaired) electrons. The summed E-state index contributed by atoms with van der Waals surface area (Å²) in [5.74, 6) is 0.915. The summed E-state index contributed by atoms with van der Waals surface area (Å²) >= 11 is 0. The van der Waals surface area contributed by atoms with Crippen molar-refractivity contribution in [2.45, 2.75) is 38.4 Å². The Morgan fingerprint density at radius 2 is 2.06 bits per heavy atom. The number of carbonyl (C=O) groups is 1. The highest BCUT2D eigenvalue weighted by molar-refractivity contribution is 5.75. The van der Waals surface area contributed by atoms with Crippen LogP contribution in [-0.4, -0.2) is 63.8 Å². The molecule has 1 aromatic carbocycles. The molecule has 33 heavy (non-hydrogen) atoms. The SMILES string of the molecule is COc1ccccc1CN1CCC[C@@H](NC(=O)N2CCc3[nH]nc(-c4ccncc4)c3C2)C1. The summed E-state index contributed by atoms with van der Waals surface area (Å²) in [6, 6.07) is 12.2. The first-order valence-electron chi connectivity index (χ1n) is 11.6. The molecule has 1 fully saturated rings. The molecular formula is C25H30N6O2. The van der Waals surface area contributed by atoms with E-state index in [0.29, 0.717) is 13.1 Å². The Balaban J connectivity index is 1.21. The number of aromatic nitrogens is 3. The fraction of sp³-hybridized carbons (Fsp3) is 0.400. The Kier molecular flexibility index (Phi) is 6.26. The van der Waals surface area contributed by atoms with Gasteiger partial charge in [0.15, 0.2) is 0 Å². The van der Waals surface area contributed by atoms with Crippen molar-refractivity contribution in [2.75, 3.05) is 26.7 Å². The summed E-state index contributed by atoms with van der Waals surface area (Å²) < 4.78 is 5.51. The van der Waals surface area contributed by atoms with Gasteiger partial charge in [0.1, 0.15) is 5.75 Å². The Hall–Kier alpha value is -3.39. The third kappa shape index (κ3) is 4.71. The molecule has 0 bridgehead atoms. The van der Waals surface area contributed by atoms with Crippen molar-refractivity contribution in [3.63, 3.8) is 0 Å². The molecule has 0 spiro atoms. The van der Waals surface area contributed by atoms with Crippen molar-refractivity contribution in [1.29, 1.82) is 0 Å². The number of para-hydroxylation sites is 1. The molecule has 4 heterocycles. The molecule has 2 aliphatic rings. The average Bonchev–Trinajstić information content (AvgIpc) is 3.28. The number of likely N-dealkylation sites (tertiary alicyclic amines) is 1. The molecule has 0 unspecified atom stereocenters. The third-order valence-corrected chi connectivity index (χ3v) is 6.59. The summed E-state index contributed by atoms with van der Waals surface area (Å²) in [5, 5.41) is 11.0. The molecule has 5 rings (SSSR count). The van der Waals surface area contributed by atoms with Crippen LogP contribution in [0.15, 0.2) is 48.8 Å². The highest BCUT2D eigenvalue weighted by atomic mass is 16.5. The van der Waals surface area contributed by atoms with Crippen molar-refractivity contribution >= 4 is 6.03 Å². The smallest absolute Gasteiger partial charge is 0.317 e. The molecule has 3 aromatic rings. The highest BCUT2D eigenvalue weighted by Crippen LogP contribution is 2.28. The molecule has 0 aliphatic carbocycles. The van der Waals surface area contributed by atoms with Gasteiger partial charge in [0.2, 0.25) is 0 Å². The van der Waals surface area contributed by atoms with E-state index in [1.165, 1.54) is 5.56 Å². The van der Waals surface area contributed by atoms with Crippen molar-refractivity contribution in [3.05, 3.63) is 65.6 Å². The molecule has 0 saturated carbocycles. The Morgan fingerprint density at radius 3 is 2.91 bits per heavy atom. The van der Waals surface area contributed by atoms with Gasteiger partial charge in [-0.05, 0) is 37.6 Å². The number of aromatic amines is 1. The van der Waals surface area contributed by atoms with E-state index in [1.54, 1.807) is 19.5 Å². The third-order valence-electron chi connectivity index (χ3n) is 6.59. The Labute approximate surface area is 194 Å². The lowest BCUT2D eigenvalue weighted by Gasteiger charge is -2.35. The maximum atomic E-state index is 13.1. The second kappa shape index (κ2) is 9.62. The number of rotatable bonds is 5. The topological polar surface area (TPSA) is 86.4 Å². The van der Waals surface area contributed by atoms with Crippen LogP contribution in [0.4, 0.5) is 4.79 Å². The van der Waals surface area contributed by atoms with Crippen LogP contribution < -0.4 is 10.1 Å². The number of benzene rings is 1. The zero-order chi connectivity index (χ0) is 22.6. The molecule has 8 nitrogen and oxygen atoms in total. The van der Waals surface area contributed by atoms with E-state index >= 15 is 0 Å². The lowest BCUT2D eigenvalue weighted by Crippen LogP contribution is -2.52. The van der Waals surface area contributed by atoms with Gasteiger partial charge in [-0.1, -0.05) is 18.2 Å². The lowest BCUT2D eigenvalue weighted by molar-refractivity contribution is 0.159. The predicted octanol–water partition coefficient (Wildman–Crippen LogP) is 3.21. The Morgan fingerprint density at radius 1 is 1.21 bits per heavy atom. The van der Waals surface area contributed by atoms with Crippen LogP contribution in [0.25, 0.3) is 11.3 Å². The second-order valence-electron chi connectivity index (χ2n) is 8.77. The minimum absolute atomic E-state index is 0.00618. The van der Waals surface area contributed by atoms with Gasteiger partial charge < -0.3 is 15.0 Å². The molecule has 2 aliphatic heterocycles. The molecular weight excluding hydrogens is 416 g/mol. The maximum Gasteiger partial charge on any atom is 0.317 e. The number of carbonyl (C=O) groups excluding carboxylic acids is 1. The summed E-state index contributed by atoms with van der Waals surface area (Å²) in [6.45, 7) is 3.95. The number of urea groups is 1. The monoisotopic (exact) mass is 446 g/mol. The quantitative estimate of drug-likeness (QED) is 0.629. The number of fused-ring (bicyclic) bond motifs is 1. The molecule has 1 saturated heterocycles. The van der Waals surface area contributed by atoms with Gasteiger partial charge >= 0.3 is 6.03 Å². The molecule has 2 aromatic heterocycles. The fourth-order valence-corrected chi connectivity index (χ4v) is 4.87. The number of piperidine rings is 1. The summed E-state index contributed by atoms with van der Waals surface area (Å²) in [7, 11) is 1.71. The van der Waals surface area contributed by atoms with Crippen LogP contribution in [0.2, 0.25) is 0 Å². The number of nitrogens with one attached hydrogen (secondary N) is 2. The van der Waals surface area contributed by atoms with Crippen molar-refractivity contribution in [1.82, 2.24) is 30.3 Å². The van der Waals surface area contributed by atoms with Gasteiger partial charge in [0.25, 0.3) is 0 Å². The lowest BCUT2D eigenvalue weighted by atomic mass is 10.0. The molecule has 8 heteroatoms. The second-order valence-corrected chi connectivity index (χ2v) is 8.77. The van der Waals surface area contributed by atoms with E-state index in [-0.39, 0.29) is 12.1 Å². The largest absolute Gasteiger partial charge is 0.496 e. The van der Waals surface area contributed by atoms with Crippen LogP contribution >= 0.6 is 0 Å². The van der Waals surface area contributed by atoms with Crippen molar-refractivity contribution in [2.24, 2.45) is 0 Å². The Bertz CT molecular complexity index is 1100. The van der Waals surface area contributed by atoms with Crippen molar-refractivity contribution in [3.8, 4) is 17.0 Å². The van der Waals surface area contributed by atoms with Crippen LogP contribution in [0.3, 0.4) is 0 Å². The van der Waals surface area contributed by atoms with Crippen molar-refractivity contribution < 1.29 is 9.53 Å². The molecule has 2 N–H and O–H groups in total. The first-order valence-corrected chi connectivity index (χ1v) is 11.6. The zero-order valence-corrected chi connectivity index (χ0v) is 19.0. The van der Waals surface area contributed by atoms with E-state index in [9.17, 15) is 4.79 Å². The average molecular weight is 447 g/mol. The van der Waals surface area contributed by atoms with Crippen LogP contribution in [0, 0.1) is 0 Å². The van der Waals surface area contributed by atoms with Crippen LogP contribution in [-0.2, 0) is 19.5 Å². The normalized spacial score (nSPS) is 18.6. The van der Waals surface area contributed by atoms with Gasteiger partial charge in [-0.3, -0.25) is 15.0 Å². The van der Waals surface area contributed by atoms with E-state index in [2.05, 4.69) is 31.5 Å². The van der Waals surface area contributed by atoms with Gasteiger partial charge in [-0.2, -0.15) is 5.10 Å². The first kappa shape index (κ1) is 21.5. The highest BCUT2D eigenvalue weighted by Gasteiger charge is 2.28. The zero-order valence-electron chi connectivity index (χ0n) is 19.0. The summed E-state index contributed by atoms with van der Waals surface area (Å²) in [5.41, 5.74) is 5.32. The van der Waals surface area contributed by atoms with E-state index in [4.69, 9.17) is 4.74 Å². The number of methoxy groups -OCH3 is 1. The number of hydrogen-bond donors (Lipinski definition) is 2. The molecule has 1 atom stereocenters. The predicted molar refractivity (Wildman–Crippen MR) is 126 cm³/mol. The van der Waals surface area contributed by atoms with E-state index in [1.807, 2.05) is 35.2 Å². The van der Waals surface area contributed by atoms with Gasteiger partial charge in [0.05, 0.1) is 19.3 Å². The number of ether oxygens (including phenoxy) is 1. The van der Waals surface area contributed by atoms with Crippen LogP contribution in [0.5, 0.6) is 5.75 Å². The summed E-state index contributed by atoms with van der Waals surface area (Å²) in [6.07, 6.45) is 6.39. The summed E-state index contributed by atoms with van der Waals surface area (Å²) in [4.78, 5) is 21.5. The van der Waals surface area contributed by atoms with Gasteiger partial charge in [-0.15, -0.1) is 0 Å². The van der Waals surface area contributed by atoms with Crippen LogP contribution in [0.1, 0.15) is 29.7 Å². The van der Waals surface area contributed by atoms with Gasteiger partial charge in [-0.25, -0.2) is 4.79 Å². The number of nitrogens with zero attached hydrogens (tertiary/aromatic N) is 4. The number of amides is 2. The van der Waals surface area contributed by atoms with E-state index < -0.39 is 0 Å². The molecule has 172 valence electrons. The maximum absolute atomic E-state index is 13.1. The number of hydrogen-bond acceptors (Lipinski definition) is 5. The number of H-pyrrole nitrogens is 1. The standard InChI is InChI=1S/C25H30N6O2/c1-33-23-7-3-2-5-19(23)15-30-13-4-6-20(16-30)27-25(32)31-14-10-22-21(17-31)24(29-28-22)18-8-11-26-12-9-18/h2-3,5,7-9,11-12,20H,4,6,10,13-17H2,1H3,(H,27,32)(H,28,29)/t20-/m1/s1. The van der Waals surface area contributed by atoms with E-state index in [0.717, 1.165) is 67.2 Å².